The minimum Gasteiger partial charge on any atom is -0.490 e. The van der Waals surface area contributed by atoms with E-state index in [0.29, 0.717) is 24.5 Å². The molecule has 4 aliphatic heterocycles. The molecule has 0 bridgehead atoms. The van der Waals surface area contributed by atoms with Crippen molar-refractivity contribution >= 4 is 17.7 Å². The summed E-state index contributed by atoms with van der Waals surface area (Å²) in [6.45, 7) is 5.63. The Labute approximate surface area is 230 Å². The van der Waals surface area contributed by atoms with Crippen LogP contribution in [0.2, 0.25) is 0 Å². The molecule has 1 aliphatic carbocycles. The molecule has 0 radical (unpaired) electrons. The number of piperidine rings is 1. The van der Waals surface area contributed by atoms with Crippen LogP contribution in [0.1, 0.15) is 55.3 Å². The van der Waals surface area contributed by atoms with Gasteiger partial charge >= 0.3 is 0 Å². The van der Waals surface area contributed by atoms with Crippen LogP contribution in [0.5, 0.6) is 11.5 Å². The standard InChI is InChI=1S/C30H39N5O4/c36-29(21-1-2-21)34-12-5-20-3-4-25(19-22(20)6-13-34)39-24-7-14-35(15-8-24)30-32-26-11-18-38-27(26)28(33-30)31-23-9-16-37-17-10-23/h3-4,19,21,23-24H,1-2,5-18H2,(H,31,32,33). The normalized spacial score (nSPS) is 22.1. The van der Waals surface area contributed by atoms with Crippen LogP contribution in [0.25, 0.3) is 0 Å². The lowest BCUT2D eigenvalue weighted by atomic mass is 10.0. The number of anilines is 2. The van der Waals surface area contributed by atoms with E-state index >= 15 is 0 Å². The molecule has 9 heteroatoms. The average molecular weight is 534 g/mol. The van der Waals surface area contributed by atoms with Crippen LogP contribution < -0.4 is 19.7 Å². The zero-order valence-electron chi connectivity index (χ0n) is 22.7. The van der Waals surface area contributed by atoms with E-state index in [1.807, 2.05) is 0 Å². The van der Waals surface area contributed by atoms with Crippen LogP contribution in [0, 0.1) is 5.92 Å². The second-order valence-corrected chi connectivity index (χ2v) is 11.6. The van der Waals surface area contributed by atoms with Gasteiger partial charge in [-0.2, -0.15) is 4.98 Å². The number of carbonyl (C=O) groups is 1. The second kappa shape index (κ2) is 10.8. The number of benzene rings is 1. The van der Waals surface area contributed by atoms with Crippen LogP contribution in [-0.4, -0.2) is 78.9 Å². The van der Waals surface area contributed by atoms with Gasteiger partial charge in [-0.15, -0.1) is 0 Å². The fourth-order valence-corrected chi connectivity index (χ4v) is 6.28. The first-order valence-corrected chi connectivity index (χ1v) is 14.9. The van der Waals surface area contributed by atoms with Crippen molar-refractivity contribution in [1.29, 1.82) is 0 Å². The Morgan fingerprint density at radius 2 is 1.69 bits per heavy atom. The van der Waals surface area contributed by atoms with E-state index in [2.05, 4.69) is 33.3 Å². The maximum Gasteiger partial charge on any atom is 0.227 e. The molecule has 2 aromatic rings. The third-order valence-electron chi connectivity index (χ3n) is 8.82. The summed E-state index contributed by atoms with van der Waals surface area (Å²) in [5.41, 5.74) is 3.69. The molecular weight excluding hydrogens is 494 g/mol. The van der Waals surface area contributed by atoms with E-state index in [-0.39, 0.29) is 6.10 Å². The number of nitrogens with zero attached hydrogens (tertiary/aromatic N) is 4. The molecule has 5 aliphatic rings. The summed E-state index contributed by atoms with van der Waals surface area (Å²) in [5, 5.41) is 3.62. The molecule has 208 valence electrons. The number of fused-ring (bicyclic) bond motifs is 2. The van der Waals surface area contributed by atoms with E-state index < -0.39 is 0 Å². The lowest BCUT2D eigenvalue weighted by molar-refractivity contribution is -0.132. The number of carbonyl (C=O) groups excluding carboxylic acids is 1. The highest BCUT2D eigenvalue weighted by Gasteiger charge is 2.34. The maximum atomic E-state index is 12.6. The van der Waals surface area contributed by atoms with Gasteiger partial charge in [0.05, 0.1) is 12.3 Å². The number of rotatable bonds is 6. The minimum atomic E-state index is 0.176. The van der Waals surface area contributed by atoms with Crippen LogP contribution in [-0.2, 0) is 28.8 Å². The van der Waals surface area contributed by atoms with Crippen molar-refractivity contribution in [2.24, 2.45) is 5.92 Å². The SMILES string of the molecule is O=C(C1CC1)N1CCc2ccc(OC3CCN(c4nc5c(c(NC6CCOCC6)n4)OCC5)CC3)cc2CC1. The van der Waals surface area contributed by atoms with Crippen molar-refractivity contribution in [3.8, 4) is 11.5 Å². The molecule has 1 aromatic heterocycles. The highest BCUT2D eigenvalue weighted by Crippen LogP contribution is 2.35. The van der Waals surface area contributed by atoms with Gasteiger partial charge in [-0.3, -0.25) is 4.79 Å². The minimum absolute atomic E-state index is 0.176. The molecule has 7 rings (SSSR count). The Hall–Kier alpha value is -3.07. The number of ether oxygens (including phenoxy) is 3. The van der Waals surface area contributed by atoms with E-state index in [1.165, 1.54) is 11.1 Å². The zero-order chi connectivity index (χ0) is 26.2. The molecule has 1 N–H and O–H groups in total. The van der Waals surface area contributed by atoms with E-state index in [1.54, 1.807) is 0 Å². The van der Waals surface area contributed by atoms with Gasteiger partial charge in [-0.05, 0) is 61.8 Å². The molecule has 1 saturated carbocycles. The first-order chi connectivity index (χ1) is 19.2. The summed E-state index contributed by atoms with van der Waals surface area (Å²) in [5.74, 6) is 4.05. The van der Waals surface area contributed by atoms with Crippen LogP contribution in [0.3, 0.4) is 0 Å². The topological polar surface area (TPSA) is 89.1 Å². The third-order valence-corrected chi connectivity index (χ3v) is 8.82. The zero-order valence-corrected chi connectivity index (χ0v) is 22.7. The molecule has 0 spiro atoms. The summed E-state index contributed by atoms with van der Waals surface area (Å²) in [4.78, 5) is 26.7. The van der Waals surface area contributed by atoms with Gasteiger partial charge in [0.2, 0.25) is 11.9 Å². The monoisotopic (exact) mass is 533 g/mol. The lowest BCUT2D eigenvalue weighted by Crippen LogP contribution is -2.39. The summed E-state index contributed by atoms with van der Waals surface area (Å²) in [7, 11) is 0. The van der Waals surface area contributed by atoms with E-state index in [4.69, 9.17) is 24.2 Å². The Kier molecular flexibility index (Phi) is 6.93. The highest BCUT2D eigenvalue weighted by molar-refractivity contribution is 5.81. The van der Waals surface area contributed by atoms with Gasteiger partial charge in [0, 0.05) is 70.6 Å². The van der Waals surface area contributed by atoms with Gasteiger partial charge in [-0.1, -0.05) is 6.07 Å². The molecule has 9 nitrogen and oxygen atoms in total. The number of hydrogen-bond acceptors (Lipinski definition) is 8. The number of hydrogen-bond donors (Lipinski definition) is 1. The first-order valence-electron chi connectivity index (χ1n) is 14.9. The smallest absolute Gasteiger partial charge is 0.227 e. The average Bonchev–Trinajstić information content (AvgIpc) is 3.75. The first kappa shape index (κ1) is 24.9. The Bertz CT molecular complexity index is 1200. The van der Waals surface area contributed by atoms with E-state index in [9.17, 15) is 4.79 Å². The molecular formula is C30H39N5O4. The molecule has 39 heavy (non-hydrogen) atoms. The van der Waals surface area contributed by atoms with Gasteiger partial charge in [0.25, 0.3) is 0 Å². The van der Waals surface area contributed by atoms with Crippen LogP contribution in [0.4, 0.5) is 11.8 Å². The van der Waals surface area contributed by atoms with Gasteiger partial charge in [0.15, 0.2) is 11.6 Å². The largest absolute Gasteiger partial charge is 0.490 e. The van der Waals surface area contributed by atoms with Crippen molar-refractivity contribution in [2.75, 3.05) is 56.2 Å². The molecule has 3 fully saturated rings. The lowest BCUT2D eigenvalue weighted by Gasteiger charge is -2.33. The predicted octanol–water partition coefficient (Wildman–Crippen LogP) is 3.39. The maximum absolute atomic E-state index is 12.6. The van der Waals surface area contributed by atoms with Crippen molar-refractivity contribution in [2.45, 2.75) is 69.9 Å². The van der Waals surface area contributed by atoms with E-state index in [0.717, 1.165) is 126 Å². The highest BCUT2D eigenvalue weighted by atomic mass is 16.5. The Morgan fingerprint density at radius 1 is 0.897 bits per heavy atom. The Morgan fingerprint density at radius 3 is 2.49 bits per heavy atom. The third kappa shape index (κ3) is 5.51. The van der Waals surface area contributed by atoms with Crippen LogP contribution in [0.15, 0.2) is 18.2 Å². The summed E-state index contributed by atoms with van der Waals surface area (Å²) < 4.78 is 17.9. The molecule has 2 saturated heterocycles. The van der Waals surface area contributed by atoms with Crippen molar-refractivity contribution < 1.29 is 19.0 Å². The molecule has 5 heterocycles. The number of nitrogens with one attached hydrogen (secondary N) is 1. The second-order valence-electron chi connectivity index (χ2n) is 11.6. The Balaban J connectivity index is 0.969. The van der Waals surface area contributed by atoms with Crippen LogP contribution >= 0.6 is 0 Å². The number of aromatic nitrogens is 2. The summed E-state index contributed by atoms with van der Waals surface area (Å²) >= 11 is 0. The van der Waals surface area contributed by atoms with Crippen molar-refractivity contribution in [3.63, 3.8) is 0 Å². The summed E-state index contributed by atoms with van der Waals surface area (Å²) in [6.07, 6.45) is 8.82. The van der Waals surface area contributed by atoms with Crippen molar-refractivity contribution in [1.82, 2.24) is 14.9 Å². The fourth-order valence-electron chi connectivity index (χ4n) is 6.28. The predicted molar refractivity (Wildman–Crippen MR) is 148 cm³/mol. The quantitative estimate of drug-likeness (QED) is 0.605. The van der Waals surface area contributed by atoms with Gasteiger partial charge in [-0.25, -0.2) is 4.98 Å². The fraction of sp³-hybridized carbons (Fsp3) is 0.633. The molecule has 1 amide bonds. The molecule has 0 atom stereocenters. The van der Waals surface area contributed by atoms with Gasteiger partial charge in [0.1, 0.15) is 11.9 Å². The summed E-state index contributed by atoms with van der Waals surface area (Å²) in [6, 6.07) is 6.89. The van der Waals surface area contributed by atoms with Gasteiger partial charge < -0.3 is 29.3 Å². The number of amides is 1. The molecule has 0 unspecified atom stereocenters. The van der Waals surface area contributed by atoms with Crippen molar-refractivity contribution in [3.05, 3.63) is 35.0 Å². The molecule has 1 aromatic carbocycles.